The predicted octanol–water partition coefficient (Wildman–Crippen LogP) is 1.93. The number of carbonyl (C=O) groups excluding carboxylic acids is 1. The molecule has 17 heavy (non-hydrogen) atoms. The molecule has 0 aliphatic heterocycles. The molecule has 2 rings (SSSR count). The van der Waals surface area contributed by atoms with E-state index in [4.69, 9.17) is 0 Å². The largest absolute Gasteiger partial charge is 0.352 e. The lowest BCUT2D eigenvalue weighted by molar-refractivity contribution is -0.122. The Hall–Kier alpha value is -0.570. The van der Waals surface area contributed by atoms with Crippen molar-refractivity contribution in [2.45, 2.75) is 59.5 Å². The molecule has 98 valence electrons. The molecule has 0 aromatic heterocycles. The van der Waals surface area contributed by atoms with Crippen LogP contribution in [0.2, 0.25) is 0 Å². The van der Waals surface area contributed by atoms with Gasteiger partial charge in [-0.15, -0.1) is 0 Å². The number of amides is 1. The van der Waals surface area contributed by atoms with Crippen molar-refractivity contribution in [3.05, 3.63) is 0 Å². The second-order valence-corrected chi connectivity index (χ2v) is 6.91. The maximum Gasteiger partial charge on any atom is 0.237 e. The number of hydrogen-bond donors (Lipinski definition) is 2. The Morgan fingerprint density at radius 3 is 2.18 bits per heavy atom. The maximum atomic E-state index is 11.8. The van der Waals surface area contributed by atoms with Gasteiger partial charge < -0.3 is 10.6 Å². The molecule has 3 nitrogen and oxygen atoms in total. The molecule has 2 aliphatic rings. The van der Waals surface area contributed by atoms with Crippen LogP contribution in [0.25, 0.3) is 0 Å². The van der Waals surface area contributed by atoms with E-state index in [1.54, 1.807) is 0 Å². The molecule has 1 unspecified atom stereocenters. The van der Waals surface area contributed by atoms with E-state index in [0.717, 1.165) is 19.4 Å². The predicted molar refractivity (Wildman–Crippen MR) is 69.7 cm³/mol. The fourth-order valence-electron chi connectivity index (χ4n) is 2.78. The first-order valence-electron chi connectivity index (χ1n) is 6.80. The Morgan fingerprint density at radius 1 is 1.24 bits per heavy atom. The van der Waals surface area contributed by atoms with Crippen molar-refractivity contribution < 1.29 is 4.79 Å². The molecule has 1 atom stereocenters. The summed E-state index contributed by atoms with van der Waals surface area (Å²) in [6.07, 6.45) is 2.31. The van der Waals surface area contributed by atoms with Crippen LogP contribution in [-0.4, -0.2) is 24.5 Å². The molecule has 0 aromatic rings. The molecule has 2 aliphatic carbocycles. The first-order chi connectivity index (χ1) is 7.76. The minimum absolute atomic E-state index is 0.0669. The van der Waals surface area contributed by atoms with E-state index in [-0.39, 0.29) is 11.9 Å². The monoisotopic (exact) mass is 238 g/mol. The summed E-state index contributed by atoms with van der Waals surface area (Å²) in [5, 5.41) is 6.41. The summed E-state index contributed by atoms with van der Waals surface area (Å²) in [5.74, 6) is 0.829. The van der Waals surface area contributed by atoms with Crippen LogP contribution in [-0.2, 0) is 4.79 Å². The van der Waals surface area contributed by atoms with E-state index < -0.39 is 0 Å². The number of nitrogens with one attached hydrogen (secondary N) is 2. The summed E-state index contributed by atoms with van der Waals surface area (Å²) in [7, 11) is 0. The molecule has 2 saturated carbocycles. The lowest BCUT2D eigenvalue weighted by Gasteiger charge is -2.14. The van der Waals surface area contributed by atoms with Crippen LogP contribution < -0.4 is 10.6 Å². The zero-order valence-corrected chi connectivity index (χ0v) is 11.8. The number of carbonyl (C=O) groups is 1. The van der Waals surface area contributed by atoms with Crippen molar-refractivity contribution in [3.8, 4) is 0 Å². The van der Waals surface area contributed by atoms with Crippen LogP contribution >= 0.6 is 0 Å². The van der Waals surface area contributed by atoms with Gasteiger partial charge in [-0.25, -0.2) is 0 Å². The minimum atomic E-state index is -0.0669. The Bertz CT molecular complexity index is 304. The lowest BCUT2D eigenvalue weighted by Crippen LogP contribution is -2.44. The van der Waals surface area contributed by atoms with E-state index in [1.165, 1.54) is 0 Å². The zero-order chi connectivity index (χ0) is 12.8. The summed E-state index contributed by atoms with van der Waals surface area (Å²) in [4.78, 5) is 11.8. The first kappa shape index (κ1) is 12.9. The van der Waals surface area contributed by atoms with Gasteiger partial charge in [0.1, 0.15) is 0 Å². The number of rotatable bonds is 5. The highest BCUT2D eigenvalue weighted by Crippen LogP contribution is 2.67. The van der Waals surface area contributed by atoms with Gasteiger partial charge in [0.2, 0.25) is 5.91 Å². The standard InChI is InChI=1S/C14H26N2O/c1-9(12(17)16-10-6-7-10)15-8-11-13(2,3)14(11,4)5/h9-11,15H,6-8H2,1-5H3,(H,16,17). The second-order valence-electron chi connectivity index (χ2n) is 6.91. The number of hydrogen-bond acceptors (Lipinski definition) is 2. The third-order valence-electron chi connectivity index (χ3n) is 5.26. The molecule has 0 heterocycles. The quantitative estimate of drug-likeness (QED) is 0.768. The topological polar surface area (TPSA) is 41.1 Å². The molecular weight excluding hydrogens is 212 g/mol. The van der Waals surface area contributed by atoms with Crippen molar-refractivity contribution in [1.82, 2.24) is 10.6 Å². The molecule has 0 spiro atoms. The summed E-state index contributed by atoms with van der Waals surface area (Å²) >= 11 is 0. The normalized spacial score (nSPS) is 27.6. The fraction of sp³-hybridized carbons (Fsp3) is 0.929. The van der Waals surface area contributed by atoms with Gasteiger partial charge in [-0.2, -0.15) is 0 Å². The van der Waals surface area contributed by atoms with Crippen molar-refractivity contribution in [3.63, 3.8) is 0 Å². The van der Waals surface area contributed by atoms with Gasteiger partial charge in [0, 0.05) is 6.04 Å². The minimum Gasteiger partial charge on any atom is -0.352 e. The van der Waals surface area contributed by atoms with Gasteiger partial charge in [0.25, 0.3) is 0 Å². The Morgan fingerprint density at radius 2 is 1.76 bits per heavy atom. The van der Waals surface area contributed by atoms with E-state index in [0.29, 0.717) is 22.8 Å². The first-order valence-corrected chi connectivity index (χ1v) is 6.80. The van der Waals surface area contributed by atoms with Gasteiger partial charge in [-0.05, 0) is 43.1 Å². The summed E-state index contributed by atoms with van der Waals surface area (Å²) in [6.45, 7) is 12.2. The van der Waals surface area contributed by atoms with Crippen LogP contribution in [0.5, 0.6) is 0 Å². The van der Waals surface area contributed by atoms with Crippen LogP contribution in [0.4, 0.5) is 0 Å². The molecule has 3 heteroatoms. The highest BCUT2D eigenvalue weighted by Gasteiger charge is 2.63. The van der Waals surface area contributed by atoms with Crippen LogP contribution in [0.15, 0.2) is 0 Å². The van der Waals surface area contributed by atoms with E-state index in [2.05, 4.69) is 38.3 Å². The molecule has 2 N–H and O–H groups in total. The van der Waals surface area contributed by atoms with Gasteiger partial charge in [-0.1, -0.05) is 27.7 Å². The van der Waals surface area contributed by atoms with Crippen LogP contribution in [0.1, 0.15) is 47.5 Å². The van der Waals surface area contributed by atoms with E-state index in [1.807, 2.05) is 6.92 Å². The van der Waals surface area contributed by atoms with Crippen molar-refractivity contribution in [1.29, 1.82) is 0 Å². The fourth-order valence-corrected chi connectivity index (χ4v) is 2.78. The van der Waals surface area contributed by atoms with E-state index >= 15 is 0 Å². The molecule has 0 aromatic carbocycles. The van der Waals surface area contributed by atoms with Crippen LogP contribution in [0.3, 0.4) is 0 Å². The van der Waals surface area contributed by atoms with E-state index in [9.17, 15) is 4.79 Å². The van der Waals surface area contributed by atoms with Gasteiger partial charge >= 0.3 is 0 Å². The third kappa shape index (κ3) is 2.35. The molecule has 1 amide bonds. The van der Waals surface area contributed by atoms with Gasteiger partial charge in [0.05, 0.1) is 6.04 Å². The molecular formula is C14H26N2O. The summed E-state index contributed by atoms with van der Waals surface area (Å²) < 4.78 is 0. The molecule has 0 saturated heterocycles. The van der Waals surface area contributed by atoms with Gasteiger partial charge in [-0.3, -0.25) is 4.79 Å². The maximum absolute atomic E-state index is 11.8. The van der Waals surface area contributed by atoms with Crippen LogP contribution in [0, 0.1) is 16.7 Å². The molecule has 0 radical (unpaired) electrons. The highest BCUT2D eigenvalue weighted by atomic mass is 16.2. The van der Waals surface area contributed by atoms with Crippen molar-refractivity contribution >= 4 is 5.91 Å². The third-order valence-corrected chi connectivity index (χ3v) is 5.26. The summed E-state index contributed by atoms with van der Waals surface area (Å²) in [5.41, 5.74) is 0.791. The smallest absolute Gasteiger partial charge is 0.237 e. The lowest BCUT2D eigenvalue weighted by atomic mass is 10.0. The Labute approximate surface area is 105 Å². The second kappa shape index (κ2) is 3.98. The average molecular weight is 238 g/mol. The molecule has 0 bridgehead atoms. The Kier molecular flexibility index (Phi) is 3.01. The van der Waals surface area contributed by atoms with Gasteiger partial charge in [0.15, 0.2) is 0 Å². The van der Waals surface area contributed by atoms with Crippen molar-refractivity contribution in [2.24, 2.45) is 16.7 Å². The SMILES string of the molecule is CC(NCC1C(C)(C)C1(C)C)C(=O)NC1CC1. The zero-order valence-electron chi connectivity index (χ0n) is 11.8. The van der Waals surface area contributed by atoms with Crippen molar-refractivity contribution in [2.75, 3.05) is 6.54 Å². The summed E-state index contributed by atoms with van der Waals surface area (Å²) in [6, 6.07) is 0.392. The average Bonchev–Trinajstić information content (AvgIpc) is 3.06. The highest BCUT2D eigenvalue weighted by molar-refractivity contribution is 5.81. The molecule has 2 fully saturated rings. The Balaban J connectivity index is 1.73.